The predicted octanol–water partition coefficient (Wildman–Crippen LogP) is 3.05. The number of amides is 2. The van der Waals surface area contributed by atoms with E-state index in [1.165, 1.54) is 6.42 Å². The monoisotopic (exact) mass is 219 g/mol. The van der Waals surface area contributed by atoms with E-state index in [0.717, 1.165) is 11.8 Å². The van der Waals surface area contributed by atoms with Gasteiger partial charge in [-0.15, -0.1) is 0 Å². The summed E-state index contributed by atoms with van der Waals surface area (Å²) in [6, 6.07) is 0. The minimum atomic E-state index is -0.227. The molecule has 0 spiro atoms. The predicted molar refractivity (Wildman–Crippen MR) is 62.5 cm³/mol. The van der Waals surface area contributed by atoms with Gasteiger partial charge in [-0.1, -0.05) is 52.8 Å². The molecule has 1 unspecified atom stereocenters. The number of rotatable bonds is 0. The van der Waals surface area contributed by atoms with Crippen molar-refractivity contribution in [3.63, 3.8) is 0 Å². The summed E-state index contributed by atoms with van der Waals surface area (Å²) in [6.07, 6.45) is 1.25. The maximum atomic E-state index is 11.1. The lowest BCUT2D eigenvalue weighted by Crippen LogP contribution is -2.33. The zero-order valence-corrected chi connectivity index (χ0v) is 10.3. The van der Waals surface area contributed by atoms with E-state index in [0.29, 0.717) is 0 Å². The molecule has 0 aromatic heterocycles. The summed E-state index contributed by atoms with van der Waals surface area (Å²) in [6.45, 7) is 10.1. The Kier molecular flexibility index (Phi) is 5.19. The molecular formula is C10H21NO2S. The van der Waals surface area contributed by atoms with Gasteiger partial charge in [-0.2, -0.15) is 0 Å². The van der Waals surface area contributed by atoms with Gasteiger partial charge in [0.05, 0.1) is 5.25 Å². The van der Waals surface area contributed by atoms with Crippen LogP contribution in [0.25, 0.3) is 0 Å². The van der Waals surface area contributed by atoms with E-state index in [1.54, 1.807) is 0 Å². The summed E-state index contributed by atoms with van der Waals surface area (Å²) in [4.78, 5) is 21.8. The fraction of sp³-hybridized carbons (Fsp3) is 0.800. The van der Waals surface area contributed by atoms with Crippen LogP contribution in [-0.2, 0) is 4.79 Å². The van der Waals surface area contributed by atoms with Crippen molar-refractivity contribution in [2.75, 3.05) is 0 Å². The highest BCUT2D eigenvalue weighted by Crippen LogP contribution is 2.34. The number of carbonyl (C=O) groups excluding carboxylic acids is 2. The quantitative estimate of drug-likeness (QED) is 0.681. The Bertz CT molecular complexity index is 226. The first-order valence-electron chi connectivity index (χ1n) is 4.84. The van der Waals surface area contributed by atoms with E-state index in [1.807, 2.05) is 20.8 Å². The summed E-state index contributed by atoms with van der Waals surface area (Å²) in [5, 5.41) is 1.80. The van der Waals surface area contributed by atoms with Gasteiger partial charge in [0.2, 0.25) is 5.91 Å². The molecule has 1 aliphatic heterocycles. The summed E-state index contributed by atoms with van der Waals surface area (Å²) < 4.78 is 0. The first-order chi connectivity index (χ1) is 6.32. The summed E-state index contributed by atoms with van der Waals surface area (Å²) in [5.41, 5.74) is -0.138. The molecule has 1 heterocycles. The van der Waals surface area contributed by atoms with Crippen molar-refractivity contribution in [1.82, 2.24) is 5.32 Å². The average molecular weight is 219 g/mol. The highest BCUT2D eigenvalue weighted by Gasteiger charge is 2.39. The molecule has 2 amide bonds. The third-order valence-corrected chi connectivity index (χ3v) is 2.95. The van der Waals surface area contributed by atoms with Crippen LogP contribution < -0.4 is 5.32 Å². The van der Waals surface area contributed by atoms with Crippen LogP contribution in [0.4, 0.5) is 4.79 Å². The van der Waals surface area contributed by atoms with E-state index in [4.69, 9.17) is 0 Å². The van der Waals surface area contributed by atoms with Gasteiger partial charge in [-0.25, -0.2) is 0 Å². The average Bonchev–Trinajstić information content (AvgIpc) is 2.30. The number of thioether (sulfide) groups is 1. The van der Waals surface area contributed by atoms with Crippen molar-refractivity contribution >= 4 is 22.9 Å². The van der Waals surface area contributed by atoms with Crippen LogP contribution in [0, 0.1) is 5.41 Å². The Morgan fingerprint density at radius 2 is 1.79 bits per heavy atom. The maximum Gasteiger partial charge on any atom is 0.286 e. The highest BCUT2D eigenvalue weighted by molar-refractivity contribution is 8.15. The maximum absolute atomic E-state index is 11.1. The number of hydrogen-bond acceptors (Lipinski definition) is 3. The lowest BCUT2D eigenvalue weighted by atomic mass is 9.91. The highest BCUT2D eigenvalue weighted by atomic mass is 32.2. The molecule has 1 aliphatic rings. The normalized spacial score (nSPS) is 21.4. The topological polar surface area (TPSA) is 46.2 Å². The molecule has 4 heteroatoms. The van der Waals surface area contributed by atoms with Crippen LogP contribution >= 0.6 is 11.8 Å². The lowest BCUT2D eigenvalue weighted by Gasteiger charge is -2.21. The molecule has 1 N–H and O–H groups in total. The van der Waals surface area contributed by atoms with Gasteiger partial charge >= 0.3 is 0 Å². The van der Waals surface area contributed by atoms with E-state index < -0.39 is 0 Å². The second-order valence-electron chi connectivity index (χ2n) is 4.35. The van der Waals surface area contributed by atoms with E-state index in [2.05, 4.69) is 19.2 Å². The molecule has 1 fully saturated rings. The van der Waals surface area contributed by atoms with Gasteiger partial charge in [0, 0.05) is 1.43 Å². The lowest BCUT2D eigenvalue weighted by molar-refractivity contribution is -0.120. The molecule has 1 atom stereocenters. The number of imide groups is 1. The number of nitrogens with one attached hydrogen (secondary N) is 1. The van der Waals surface area contributed by atoms with E-state index in [-0.39, 0.29) is 23.2 Å². The molecule has 84 valence electrons. The van der Waals surface area contributed by atoms with Crippen LogP contribution in [0.3, 0.4) is 0 Å². The van der Waals surface area contributed by atoms with Gasteiger partial charge in [0.25, 0.3) is 5.24 Å². The van der Waals surface area contributed by atoms with Gasteiger partial charge < -0.3 is 0 Å². The van der Waals surface area contributed by atoms with Crippen molar-refractivity contribution < 1.29 is 11.0 Å². The van der Waals surface area contributed by atoms with Gasteiger partial charge in [0.15, 0.2) is 0 Å². The Hall–Kier alpha value is -0.510. The third-order valence-electron chi connectivity index (χ3n) is 1.47. The molecule has 0 aromatic carbocycles. The second-order valence-corrected chi connectivity index (χ2v) is 5.43. The van der Waals surface area contributed by atoms with Crippen molar-refractivity contribution in [2.24, 2.45) is 5.41 Å². The Morgan fingerprint density at radius 3 is 1.93 bits per heavy atom. The molecule has 0 saturated carbocycles. The smallest absolute Gasteiger partial charge is 0.286 e. The first-order valence-corrected chi connectivity index (χ1v) is 5.72. The molecule has 0 bridgehead atoms. The Labute approximate surface area is 91.5 Å². The fourth-order valence-corrected chi connectivity index (χ4v) is 1.82. The van der Waals surface area contributed by atoms with E-state index >= 15 is 0 Å². The molecule has 3 nitrogen and oxygen atoms in total. The summed E-state index contributed by atoms with van der Waals surface area (Å²) >= 11 is 1.08. The molecule has 1 saturated heterocycles. The number of carbonyl (C=O) groups is 2. The molecule has 0 aromatic rings. The second kappa shape index (κ2) is 5.39. The van der Waals surface area contributed by atoms with Crippen LogP contribution in [0.1, 0.15) is 42.5 Å². The molecule has 0 aliphatic carbocycles. The van der Waals surface area contributed by atoms with Crippen molar-refractivity contribution in [2.45, 2.75) is 46.3 Å². The SMILES string of the molecule is CC(C)(C)C1SC(=O)NC1=O.CCC.[HH]. The van der Waals surface area contributed by atoms with Crippen molar-refractivity contribution in [1.29, 1.82) is 0 Å². The molecule has 0 radical (unpaired) electrons. The zero-order chi connectivity index (χ0) is 11.4. The van der Waals surface area contributed by atoms with Gasteiger partial charge in [-0.05, 0) is 5.41 Å². The Balaban J connectivity index is 0. The summed E-state index contributed by atoms with van der Waals surface area (Å²) in [7, 11) is 0. The minimum Gasteiger partial charge on any atom is -0.286 e. The largest absolute Gasteiger partial charge is 0.286 e. The van der Waals surface area contributed by atoms with Crippen LogP contribution in [0.2, 0.25) is 0 Å². The van der Waals surface area contributed by atoms with Crippen molar-refractivity contribution in [3.8, 4) is 0 Å². The fourth-order valence-electron chi connectivity index (χ4n) is 0.926. The van der Waals surface area contributed by atoms with E-state index in [9.17, 15) is 9.59 Å². The first kappa shape index (κ1) is 13.5. The number of hydrogen-bond donors (Lipinski definition) is 1. The Morgan fingerprint density at radius 1 is 1.36 bits per heavy atom. The third kappa shape index (κ3) is 4.13. The summed E-state index contributed by atoms with van der Waals surface area (Å²) in [5.74, 6) is -0.160. The zero-order valence-electron chi connectivity index (χ0n) is 9.51. The minimum absolute atomic E-state index is 0. The van der Waals surface area contributed by atoms with Crippen LogP contribution in [0.5, 0.6) is 0 Å². The standard InChI is InChI=1S/C7H11NO2S.C3H8.H2/c1-7(2,3)4-5(9)8-6(10)11-4;1-3-2;/h4H,1-3H3,(H,8,9,10);3H2,1-2H3;1H. The van der Waals surface area contributed by atoms with Crippen LogP contribution in [0.15, 0.2) is 0 Å². The van der Waals surface area contributed by atoms with Crippen LogP contribution in [-0.4, -0.2) is 16.4 Å². The molecule has 14 heavy (non-hydrogen) atoms. The molecular weight excluding hydrogens is 198 g/mol. The van der Waals surface area contributed by atoms with Gasteiger partial charge in [-0.3, -0.25) is 14.9 Å². The molecule has 1 rings (SSSR count). The van der Waals surface area contributed by atoms with Crippen molar-refractivity contribution in [3.05, 3.63) is 0 Å². The van der Waals surface area contributed by atoms with Gasteiger partial charge in [0.1, 0.15) is 0 Å².